The van der Waals surface area contributed by atoms with E-state index in [1.54, 1.807) is 0 Å². The average molecular weight is 266 g/mol. The minimum absolute atomic E-state index is 0.0781. The van der Waals surface area contributed by atoms with Crippen LogP contribution in [-0.4, -0.2) is 25.5 Å². The van der Waals surface area contributed by atoms with E-state index in [2.05, 4.69) is 26.6 Å². The highest BCUT2D eigenvalue weighted by Crippen LogP contribution is 2.76. The predicted molar refractivity (Wildman–Crippen MR) is 70.8 cm³/mol. The van der Waals surface area contributed by atoms with Crippen LogP contribution in [0.1, 0.15) is 39.0 Å². The highest BCUT2D eigenvalue weighted by Gasteiger charge is 2.84. The Balaban J connectivity index is 2.01. The van der Waals surface area contributed by atoms with Crippen molar-refractivity contribution < 1.29 is 14.0 Å². The zero-order chi connectivity index (χ0) is 13.4. The molecule has 1 spiro atoms. The maximum absolute atomic E-state index is 12.7. The van der Waals surface area contributed by atoms with Crippen LogP contribution in [-0.2, 0) is 14.0 Å². The summed E-state index contributed by atoms with van der Waals surface area (Å²) in [5.74, 6) is 0.511. The van der Waals surface area contributed by atoms with Gasteiger partial charge in [0.25, 0.3) is 0 Å². The first-order valence-electron chi connectivity index (χ1n) is 6.94. The molecule has 4 saturated carbocycles. The summed E-state index contributed by atoms with van der Waals surface area (Å²) >= 11 is 0. The van der Waals surface area contributed by atoms with Crippen molar-refractivity contribution in [3.05, 3.63) is 0 Å². The van der Waals surface area contributed by atoms with Gasteiger partial charge in [0.15, 0.2) is 14.1 Å². The lowest BCUT2D eigenvalue weighted by molar-refractivity contribution is -0.207. The van der Waals surface area contributed by atoms with Crippen molar-refractivity contribution in [2.45, 2.75) is 64.3 Å². The topological polar surface area (TPSA) is 43.4 Å². The van der Waals surface area contributed by atoms with Gasteiger partial charge in [-0.25, -0.2) is 0 Å². The molecule has 4 fully saturated rings. The molecule has 0 aromatic carbocycles. The largest absolute Gasteiger partial charge is 0.404 e. The summed E-state index contributed by atoms with van der Waals surface area (Å²) in [6.45, 7) is 8.62. The Morgan fingerprint density at radius 1 is 1.11 bits per heavy atom. The fourth-order valence-corrected chi connectivity index (χ4v) is 6.20. The zero-order valence-corrected chi connectivity index (χ0v) is 12.8. The van der Waals surface area contributed by atoms with Crippen LogP contribution in [0.25, 0.3) is 0 Å². The Kier molecular flexibility index (Phi) is 2.20. The molecular weight excluding hydrogens is 244 g/mol. The molecule has 0 radical (unpaired) electrons. The molecule has 4 aliphatic rings. The molecule has 3 nitrogen and oxygen atoms in total. The van der Waals surface area contributed by atoms with Gasteiger partial charge in [-0.15, -0.1) is 0 Å². The van der Waals surface area contributed by atoms with Crippen LogP contribution in [0.2, 0.25) is 19.6 Å². The van der Waals surface area contributed by atoms with Crippen molar-refractivity contribution in [3.8, 4) is 0 Å². The molecule has 0 N–H and O–H groups in total. The lowest BCUT2D eigenvalue weighted by Crippen LogP contribution is -2.75. The number of hydrogen-bond acceptors (Lipinski definition) is 3. The molecule has 3 atom stereocenters. The molecule has 0 amide bonds. The van der Waals surface area contributed by atoms with Gasteiger partial charge in [-0.1, -0.05) is 6.92 Å². The predicted octanol–water partition coefficient (Wildman–Crippen LogP) is 2.70. The molecule has 0 aromatic rings. The Hall–Kier alpha value is -0.483. The molecule has 0 saturated heterocycles. The van der Waals surface area contributed by atoms with Gasteiger partial charge in [-0.2, -0.15) is 0 Å². The number of rotatable bonds is 2. The van der Waals surface area contributed by atoms with Gasteiger partial charge in [0, 0.05) is 23.7 Å². The number of ketones is 2. The van der Waals surface area contributed by atoms with Gasteiger partial charge in [0.05, 0.1) is 0 Å². The molecule has 18 heavy (non-hydrogen) atoms. The Morgan fingerprint density at radius 3 is 2.39 bits per heavy atom. The number of carbonyl (C=O) groups is 2. The molecular formula is C14H22O3Si. The maximum atomic E-state index is 12.7. The number of fused-ring (bicyclic) bond motifs is 1. The second-order valence-corrected chi connectivity index (χ2v) is 11.9. The Bertz CT molecular complexity index is 452. The number of Topliss-reactive ketones (excluding diaryl/α,β-unsaturated/α-hetero) is 2. The van der Waals surface area contributed by atoms with Crippen molar-refractivity contribution in [1.82, 2.24) is 0 Å². The van der Waals surface area contributed by atoms with Crippen molar-refractivity contribution in [2.75, 3.05) is 0 Å². The molecule has 0 aromatic heterocycles. The van der Waals surface area contributed by atoms with Crippen LogP contribution in [0.4, 0.5) is 0 Å². The summed E-state index contributed by atoms with van der Waals surface area (Å²) in [5, 5.41) is 0. The zero-order valence-electron chi connectivity index (χ0n) is 11.8. The van der Waals surface area contributed by atoms with Crippen LogP contribution >= 0.6 is 0 Å². The van der Waals surface area contributed by atoms with Crippen molar-refractivity contribution in [1.29, 1.82) is 0 Å². The summed E-state index contributed by atoms with van der Waals surface area (Å²) in [5.41, 5.74) is -0.981. The molecule has 4 heteroatoms. The third-order valence-electron chi connectivity index (χ3n) is 5.54. The monoisotopic (exact) mass is 266 g/mol. The fraction of sp³-hybridized carbons (Fsp3) is 0.857. The van der Waals surface area contributed by atoms with Crippen molar-refractivity contribution in [3.63, 3.8) is 0 Å². The highest BCUT2D eigenvalue weighted by atomic mass is 28.4. The van der Waals surface area contributed by atoms with Crippen molar-refractivity contribution in [2.24, 2.45) is 10.8 Å². The lowest BCUT2D eigenvalue weighted by Gasteiger charge is -2.64. The summed E-state index contributed by atoms with van der Waals surface area (Å²) < 4.78 is 6.34. The maximum Gasteiger partial charge on any atom is 0.185 e. The van der Waals surface area contributed by atoms with Crippen LogP contribution in [0.15, 0.2) is 0 Å². The fourth-order valence-electron chi connectivity index (χ4n) is 4.73. The Morgan fingerprint density at radius 2 is 1.78 bits per heavy atom. The van der Waals surface area contributed by atoms with E-state index in [1.807, 2.05) is 0 Å². The highest BCUT2D eigenvalue weighted by molar-refractivity contribution is 6.70. The summed E-state index contributed by atoms with van der Waals surface area (Å²) in [7, 11) is -1.75. The lowest BCUT2D eigenvalue weighted by atomic mass is 9.41. The molecule has 0 heterocycles. The first-order valence-corrected chi connectivity index (χ1v) is 10.3. The van der Waals surface area contributed by atoms with Gasteiger partial charge in [0.1, 0.15) is 11.4 Å². The minimum atomic E-state index is -1.75. The summed E-state index contributed by atoms with van der Waals surface area (Å²) in [6, 6.07) is 0. The van der Waals surface area contributed by atoms with Gasteiger partial charge >= 0.3 is 0 Å². The first kappa shape index (κ1) is 12.5. The molecule has 2 bridgehead atoms. The van der Waals surface area contributed by atoms with E-state index in [-0.39, 0.29) is 22.4 Å². The molecule has 0 unspecified atom stereocenters. The van der Waals surface area contributed by atoms with E-state index in [4.69, 9.17) is 4.43 Å². The van der Waals surface area contributed by atoms with Gasteiger partial charge in [-0.05, 0) is 38.9 Å². The number of hydrogen-bond donors (Lipinski definition) is 0. The van der Waals surface area contributed by atoms with E-state index >= 15 is 0 Å². The van der Waals surface area contributed by atoms with Gasteiger partial charge in [-0.3, -0.25) is 9.59 Å². The van der Waals surface area contributed by atoms with E-state index in [0.717, 1.165) is 19.3 Å². The first-order chi connectivity index (χ1) is 8.17. The standard InChI is InChI=1S/C14H22O3Si/c1-12-6-5-10(15)9-13(12)7-8-14(12,11(13)16)17-18(2,3)4/h5-9H2,1-4H3/t12-,13-,14+/m1/s1. The Labute approximate surface area is 109 Å². The minimum Gasteiger partial charge on any atom is -0.404 e. The van der Waals surface area contributed by atoms with E-state index in [9.17, 15) is 9.59 Å². The van der Waals surface area contributed by atoms with Crippen molar-refractivity contribution >= 4 is 19.9 Å². The van der Waals surface area contributed by atoms with E-state index in [1.165, 1.54) is 0 Å². The van der Waals surface area contributed by atoms with E-state index in [0.29, 0.717) is 12.8 Å². The smallest absolute Gasteiger partial charge is 0.185 e. The van der Waals surface area contributed by atoms with Crippen LogP contribution in [0.5, 0.6) is 0 Å². The SMILES string of the molecule is C[C@@]12CCC(=O)C[C@@]13CC[C@]2(O[Si](C)(C)C)C3=O. The normalized spacial score (nSPS) is 46.9. The molecule has 0 aliphatic heterocycles. The van der Waals surface area contributed by atoms with Crippen LogP contribution < -0.4 is 0 Å². The van der Waals surface area contributed by atoms with Gasteiger partial charge in [0.2, 0.25) is 0 Å². The summed E-state index contributed by atoms with van der Waals surface area (Å²) in [6.07, 6.45) is 3.63. The summed E-state index contributed by atoms with van der Waals surface area (Å²) in [4.78, 5) is 24.4. The van der Waals surface area contributed by atoms with Crippen LogP contribution in [0.3, 0.4) is 0 Å². The third-order valence-corrected chi connectivity index (χ3v) is 6.50. The second-order valence-electron chi connectivity index (χ2n) is 7.50. The number of carbonyl (C=O) groups excluding carboxylic acids is 2. The quantitative estimate of drug-likeness (QED) is 0.722. The van der Waals surface area contributed by atoms with E-state index < -0.39 is 13.9 Å². The van der Waals surface area contributed by atoms with Crippen LogP contribution in [0, 0.1) is 10.8 Å². The second kappa shape index (κ2) is 3.15. The third kappa shape index (κ3) is 1.14. The molecule has 100 valence electrons. The molecule has 4 rings (SSSR count). The average Bonchev–Trinajstić information content (AvgIpc) is 2.64. The molecule has 4 aliphatic carbocycles. The van der Waals surface area contributed by atoms with Gasteiger partial charge < -0.3 is 4.43 Å².